The van der Waals surface area contributed by atoms with E-state index in [0.29, 0.717) is 21.3 Å². The highest BCUT2D eigenvalue weighted by molar-refractivity contribution is 9.10. The van der Waals surface area contributed by atoms with Gasteiger partial charge in [0.25, 0.3) is 5.91 Å². The number of phenols is 1. The Kier molecular flexibility index (Phi) is 6.13. The van der Waals surface area contributed by atoms with Gasteiger partial charge in [0.2, 0.25) is 5.91 Å². The monoisotopic (exact) mass is 405 g/mol. The zero-order valence-corrected chi connectivity index (χ0v) is 15.1. The number of phenolic OH excluding ortho intramolecular Hbond substituents is 1. The average Bonchev–Trinajstić information content (AvgIpc) is 2.57. The van der Waals surface area contributed by atoms with Crippen molar-refractivity contribution in [3.63, 3.8) is 0 Å². The minimum Gasteiger partial charge on any atom is -0.504 e. The molecule has 3 N–H and O–H groups in total. The normalized spacial score (nSPS) is 10.5. The maximum absolute atomic E-state index is 12.0. The lowest BCUT2D eigenvalue weighted by Crippen LogP contribution is -2.17. The highest BCUT2D eigenvalue weighted by Gasteiger charge is 2.09. The molecule has 2 amide bonds. The Balaban J connectivity index is 2.06. The Hall–Kier alpha value is -2.87. The lowest BCUT2D eigenvalue weighted by Gasteiger charge is -2.07. The van der Waals surface area contributed by atoms with Gasteiger partial charge in [-0.25, -0.2) is 5.43 Å². The van der Waals surface area contributed by atoms with E-state index >= 15 is 0 Å². The van der Waals surface area contributed by atoms with Crippen LogP contribution in [-0.4, -0.2) is 30.2 Å². The topological polar surface area (TPSA) is 100 Å². The van der Waals surface area contributed by atoms with Crippen LogP contribution >= 0.6 is 15.9 Å². The van der Waals surface area contributed by atoms with Gasteiger partial charge < -0.3 is 15.2 Å². The van der Waals surface area contributed by atoms with Crippen LogP contribution in [0.1, 0.15) is 22.8 Å². The van der Waals surface area contributed by atoms with E-state index in [2.05, 4.69) is 31.8 Å². The number of hydrogen-bond acceptors (Lipinski definition) is 5. The van der Waals surface area contributed by atoms with E-state index in [1.807, 2.05) is 0 Å². The van der Waals surface area contributed by atoms with Crippen molar-refractivity contribution >= 4 is 39.6 Å². The van der Waals surface area contributed by atoms with Gasteiger partial charge in [0, 0.05) is 28.2 Å². The first kappa shape index (κ1) is 18.5. The van der Waals surface area contributed by atoms with Gasteiger partial charge in [0.1, 0.15) is 0 Å². The molecule has 130 valence electrons. The third-order valence-electron chi connectivity index (χ3n) is 3.13. The minimum absolute atomic E-state index is 0.0802. The first-order valence-electron chi connectivity index (χ1n) is 7.18. The van der Waals surface area contributed by atoms with Gasteiger partial charge in [-0.2, -0.15) is 5.10 Å². The molecule has 0 aliphatic rings. The number of hydrogen-bond donors (Lipinski definition) is 3. The second-order valence-corrected chi connectivity index (χ2v) is 5.92. The number of hydrazone groups is 1. The Labute approximate surface area is 152 Å². The number of nitrogens with one attached hydrogen (secondary N) is 2. The molecular formula is C17H16BrN3O4. The van der Waals surface area contributed by atoms with E-state index in [4.69, 9.17) is 4.74 Å². The smallest absolute Gasteiger partial charge is 0.271 e. The van der Waals surface area contributed by atoms with Crippen LogP contribution in [0.4, 0.5) is 5.69 Å². The van der Waals surface area contributed by atoms with Crippen molar-refractivity contribution in [3.8, 4) is 11.5 Å². The fourth-order valence-corrected chi connectivity index (χ4v) is 2.44. The second kappa shape index (κ2) is 8.29. The first-order chi connectivity index (χ1) is 11.9. The summed E-state index contributed by atoms with van der Waals surface area (Å²) in [5.74, 6) is -0.405. The van der Waals surface area contributed by atoms with Crippen LogP contribution in [0, 0.1) is 0 Å². The maximum atomic E-state index is 12.0. The molecule has 0 atom stereocenters. The van der Waals surface area contributed by atoms with Gasteiger partial charge in [-0.1, -0.05) is 15.9 Å². The molecule has 2 aromatic carbocycles. The lowest BCUT2D eigenvalue weighted by molar-refractivity contribution is -0.114. The average molecular weight is 406 g/mol. The SMILES string of the molecule is COc1cc(Br)cc(/C=N\NC(=O)c2ccc(NC(C)=O)cc2)c1O. The van der Waals surface area contributed by atoms with Gasteiger partial charge in [0.05, 0.1) is 13.3 Å². The third kappa shape index (κ3) is 5.05. The molecule has 8 heteroatoms. The molecule has 0 saturated carbocycles. The molecule has 25 heavy (non-hydrogen) atoms. The number of anilines is 1. The number of carbonyl (C=O) groups is 2. The number of aromatic hydroxyl groups is 1. The van der Waals surface area contributed by atoms with E-state index in [9.17, 15) is 14.7 Å². The van der Waals surface area contributed by atoms with Crippen LogP contribution in [0.2, 0.25) is 0 Å². The van der Waals surface area contributed by atoms with Gasteiger partial charge in [-0.3, -0.25) is 9.59 Å². The van der Waals surface area contributed by atoms with Crippen LogP contribution in [0.3, 0.4) is 0 Å². The molecule has 2 aromatic rings. The summed E-state index contributed by atoms with van der Waals surface area (Å²) in [6.07, 6.45) is 1.31. The van der Waals surface area contributed by atoms with Crippen molar-refractivity contribution in [1.29, 1.82) is 0 Å². The van der Waals surface area contributed by atoms with Crippen LogP contribution in [0.25, 0.3) is 0 Å². The summed E-state index contributed by atoms with van der Waals surface area (Å²) in [5.41, 5.74) is 3.72. The number of amides is 2. The summed E-state index contributed by atoms with van der Waals surface area (Å²) in [5, 5.41) is 16.5. The van der Waals surface area contributed by atoms with Gasteiger partial charge in [0.15, 0.2) is 11.5 Å². The number of benzene rings is 2. The highest BCUT2D eigenvalue weighted by Crippen LogP contribution is 2.32. The fraction of sp³-hybridized carbons (Fsp3) is 0.118. The third-order valence-corrected chi connectivity index (χ3v) is 3.58. The van der Waals surface area contributed by atoms with E-state index in [1.165, 1.54) is 20.2 Å². The van der Waals surface area contributed by atoms with Crippen LogP contribution < -0.4 is 15.5 Å². The van der Waals surface area contributed by atoms with Crippen molar-refractivity contribution in [2.24, 2.45) is 5.10 Å². The number of carbonyl (C=O) groups excluding carboxylic acids is 2. The summed E-state index contributed by atoms with van der Waals surface area (Å²) >= 11 is 3.30. The maximum Gasteiger partial charge on any atom is 0.271 e. The zero-order valence-electron chi connectivity index (χ0n) is 13.5. The van der Waals surface area contributed by atoms with Crippen LogP contribution in [-0.2, 0) is 4.79 Å². The predicted octanol–water partition coefficient (Wildman–Crippen LogP) is 2.89. The van der Waals surface area contributed by atoms with Gasteiger partial charge in [-0.15, -0.1) is 0 Å². The molecular weight excluding hydrogens is 390 g/mol. The Morgan fingerprint density at radius 1 is 1.24 bits per heavy atom. The van der Waals surface area contributed by atoms with Crippen molar-refractivity contribution in [2.45, 2.75) is 6.92 Å². The fourth-order valence-electron chi connectivity index (χ4n) is 1.98. The molecule has 0 unspecified atom stereocenters. The Morgan fingerprint density at radius 3 is 2.52 bits per heavy atom. The summed E-state index contributed by atoms with van der Waals surface area (Å²) in [6.45, 7) is 1.40. The number of methoxy groups -OCH3 is 1. The Morgan fingerprint density at radius 2 is 1.92 bits per heavy atom. The first-order valence-corrected chi connectivity index (χ1v) is 7.97. The van der Waals surface area contributed by atoms with E-state index in [0.717, 1.165) is 0 Å². The molecule has 0 saturated heterocycles. The molecule has 0 aliphatic carbocycles. The largest absolute Gasteiger partial charge is 0.504 e. The van der Waals surface area contributed by atoms with Crippen LogP contribution in [0.5, 0.6) is 11.5 Å². The molecule has 0 fully saturated rings. The van der Waals surface area contributed by atoms with E-state index < -0.39 is 5.91 Å². The quantitative estimate of drug-likeness (QED) is 0.525. The summed E-state index contributed by atoms with van der Waals surface area (Å²) in [6, 6.07) is 9.61. The number of nitrogens with zero attached hydrogens (tertiary/aromatic N) is 1. The Bertz CT molecular complexity index is 819. The summed E-state index contributed by atoms with van der Waals surface area (Å²) in [4.78, 5) is 23.0. The molecule has 0 aromatic heterocycles. The summed E-state index contributed by atoms with van der Waals surface area (Å²) < 4.78 is 5.74. The van der Waals surface area contributed by atoms with Gasteiger partial charge >= 0.3 is 0 Å². The van der Waals surface area contributed by atoms with Crippen molar-refractivity contribution in [2.75, 3.05) is 12.4 Å². The number of halogens is 1. The molecule has 0 bridgehead atoms. The van der Waals surface area contributed by atoms with Crippen molar-refractivity contribution in [1.82, 2.24) is 5.43 Å². The molecule has 0 radical (unpaired) electrons. The molecule has 2 rings (SSSR count). The zero-order chi connectivity index (χ0) is 18.4. The van der Waals surface area contributed by atoms with Gasteiger partial charge in [-0.05, 0) is 36.4 Å². The van der Waals surface area contributed by atoms with Crippen molar-refractivity contribution < 1.29 is 19.4 Å². The van der Waals surface area contributed by atoms with E-state index in [-0.39, 0.29) is 17.4 Å². The molecule has 0 aliphatic heterocycles. The highest BCUT2D eigenvalue weighted by atomic mass is 79.9. The number of rotatable bonds is 5. The summed E-state index contributed by atoms with van der Waals surface area (Å²) in [7, 11) is 1.44. The second-order valence-electron chi connectivity index (χ2n) is 5.00. The van der Waals surface area contributed by atoms with Crippen molar-refractivity contribution in [3.05, 3.63) is 52.0 Å². The molecule has 7 nitrogen and oxygen atoms in total. The minimum atomic E-state index is -0.424. The molecule has 0 heterocycles. The molecule has 0 spiro atoms. The van der Waals surface area contributed by atoms with Crippen LogP contribution in [0.15, 0.2) is 46.0 Å². The van der Waals surface area contributed by atoms with E-state index in [1.54, 1.807) is 36.4 Å². The lowest BCUT2D eigenvalue weighted by atomic mass is 10.2. The predicted molar refractivity (Wildman–Crippen MR) is 98.2 cm³/mol. The number of ether oxygens (including phenoxy) is 1. The standard InChI is InChI=1S/C17H16BrN3O4/c1-10(22)20-14-5-3-11(4-6-14)17(24)21-19-9-12-7-13(18)8-15(25-2)16(12)23/h3-9,23H,1-2H3,(H,20,22)(H,21,24)/b19-9-.